The molecule has 2 aromatic rings. The van der Waals surface area contributed by atoms with Gasteiger partial charge in [-0.2, -0.15) is 0 Å². The summed E-state index contributed by atoms with van der Waals surface area (Å²) in [6.45, 7) is 0.0967. The zero-order chi connectivity index (χ0) is 13.1. The van der Waals surface area contributed by atoms with Crippen LogP contribution in [0.1, 0.15) is 16.1 Å². The zero-order valence-corrected chi connectivity index (χ0v) is 8.99. The highest BCUT2D eigenvalue weighted by Crippen LogP contribution is 2.16. The maximum atomic E-state index is 13.2. The number of non-ortho nitro benzene ring substituents is 1. The molecule has 8 heteroatoms. The Balaban J connectivity index is 2.28. The summed E-state index contributed by atoms with van der Waals surface area (Å²) < 4.78 is 14.5. The fraction of sp³-hybridized carbons (Fsp3) is 0.100. The molecule has 0 spiro atoms. The smallest absolute Gasteiger partial charge is 0.272 e. The first-order valence-electron chi connectivity index (χ1n) is 4.87. The molecule has 1 heterocycles. The number of carbonyl (C=O) groups is 1. The molecule has 0 saturated heterocycles. The summed E-state index contributed by atoms with van der Waals surface area (Å²) in [4.78, 5) is 20.3. The lowest BCUT2D eigenvalue weighted by atomic mass is 10.2. The Morgan fingerprint density at radius 3 is 2.83 bits per heavy atom. The minimum Gasteiger partial charge on any atom is -0.296 e. The number of benzene rings is 1. The third kappa shape index (κ3) is 2.54. The molecule has 1 aromatic heterocycles. The van der Waals surface area contributed by atoms with E-state index < -0.39 is 10.7 Å². The summed E-state index contributed by atoms with van der Waals surface area (Å²) in [6.07, 6.45) is 1.89. The summed E-state index contributed by atoms with van der Waals surface area (Å²) in [6, 6.07) is 3.24. The van der Waals surface area contributed by atoms with Gasteiger partial charge in [-0.05, 0) is 11.6 Å². The van der Waals surface area contributed by atoms with Gasteiger partial charge < -0.3 is 0 Å². The number of carbonyl (C=O) groups excluding carboxylic acids is 1. The molecule has 7 nitrogen and oxygen atoms in total. The Hall–Kier alpha value is -2.64. The van der Waals surface area contributed by atoms with Crippen molar-refractivity contribution in [2.45, 2.75) is 6.54 Å². The van der Waals surface area contributed by atoms with Crippen molar-refractivity contribution in [3.05, 3.63) is 51.6 Å². The monoisotopic (exact) mass is 250 g/mol. The Morgan fingerprint density at radius 1 is 1.44 bits per heavy atom. The average Bonchev–Trinajstić information content (AvgIpc) is 2.76. The van der Waals surface area contributed by atoms with Crippen LogP contribution in [0.5, 0.6) is 0 Å². The van der Waals surface area contributed by atoms with E-state index in [4.69, 9.17) is 0 Å². The Kier molecular flexibility index (Phi) is 3.09. The SMILES string of the molecule is O=Cc1cn(Cc2cc(F)cc([N+](=O)[O-])c2)nn1. The number of aldehydes is 1. The molecule has 2 rings (SSSR count). The molecule has 0 radical (unpaired) electrons. The van der Waals surface area contributed by atoms with E-state index in [-0.39, 0.29) is 17.9 Å². The molecule has 0 aliphatic rings. The van der Waals surface area contributed by atoms with Crippen LogP contribution in [0.3, 0.4) is 0 Å². The minimum absolute atomic E-state index is 0.0967. The van der Waals surface area contributed by atoms with E-state index in [9.17, 15) is 19.3 Å². The number of nitro benzene ring substituents is 1. The zero-order valence-electron chi connectivity index (χ0n) is 8.99. The normalized spacial score (nSPS) is 10.3. The van der Waals surface area contributed by atoms with E-state index in [0.717, 1.165) is 12.1 Å². The number of rotatable bonds is 4. The number of nitro groups is 1. The van der Waals surface area contributed by atoms with Crippen molar-refractivity contribution in [3.63, 3.8) is 0 Å². The van der Waals surface area contributed by atoms with Gasteiger partial charge in [0.15, 0.2) is 6.29 Å². The molecule has 1 aromatic carbocycles. The van der Waals surface area contributed by atoms with Crippen molar-refractivity contribution in [3.8, 4) is 0 Å². The molecular formula is C10H7FN4O3. The van der Waals surface area contributed by atoms with Gasteiger partial charge in [0.1, 0.15) is 11.5 Å². The quantitative estimate of drug-likeness (QED) is 0.461. The number of nitrogens with zero attached hydrogens (tertiary/aromatic N) is 4. The highest BCUT2D eigenvalue weighted by atomic mass is 19.1. The fourth-order valence-corrected chi connectivity index (χ4v) is 1.46. The molecule has 0 saturated carbocycles. The predicted molar refractivity (Wildman–Crippen MR) is 57.6 cm³/mol. The molecule has 0 aliphatic carbocycles. The second-order valence-corrected chi connectivity index (χ2v) is 3.53. The van der Waals surface area contributed by atoms with Crippen LogP contribution in [0.2, 0.25) is 0 Å². The molecule has 92 valence electrons. The third-order valence-electron chi connectivity index (χ3n) is 2.17. The van der Waals surface area contributed by atoms with Crippen molar-refractivity contribution < 1.29 is 14.1 Å². The lowest BCUT2D eigenvalue weighted by molar-refractivity contribution is -0.385. The van der Waals surface area contributed by atoms with E-state index in [1.807, 2.05) is 0 Å². The molecule has 0 atom stereocenters. The lowest BCUT2D eigenvalue weighted by Crippen LogP contribution is -2.02. The van der Waals surface area contributed by atoms with E-state index >= 15 is 0 Å². The van der Waals surface area contributed by atoms with Gasteiger partial charge in [-0.1, -0.05) is 5.21 Å². The van der Waals surface area contributed by atoms with Gasteiger partial charge in [0, 0.05) is 6.07 Å². The summed E-state index contributed by atoms with van der Waals surface area (Å²) >= 11 is 0. The van der Waals surface area contributed by atoms with Gasteiger partial charge in [0.25, 0.3) is 5.69 Å². The van der Waals surface area contributed by atoms with E-state index in [1.54, 1.807) is 0 Å². The molecule has 0 amide bonds. The fourth-order valence-electron chi connectivity index (χ4n) is 1.46. The summed E-state index contributed by atoms with van der Waals surface area (Å²) in [5.41, 5.74) is 0.172. The van der Waals surface area contributed by atoms with Gasteiger partial charge >= 0.3 is 0 Å². The Labute approximate surface area is 100.0 Å². The van der Waals surface area contributed by atoms with Crippen molar-refractivity contribution >= 4 is 12.0 Å². The molecule has 18 heavy (non-hydrogen) atoms. The molecule has 0 N–H and O–H groups in total. The second kappa shape index (κ2) is 4.70. The molecule has 0 fully saturated rings. The second-order valence-electron chi connectivity index (χ2n) is 3.53. The van der Waals surface area contributed by atoms with Crippen molar-refractivity contribution in [2.24, 2.45) is 0 Å². The summed E-state index contributed by atoms with van der Waals surface area (Å²) in [5.74, 6) is -0.699. The molecule has 0 bridgehead atoms. The Morgan fingerprint density at radius 2 is 2.22 bits per heavy atom. The first-order chi connectivity index (χ1) is 8.58. The van der Waals surface area contributed by atoms with Gasteiger partial charge in [-0.15, -0.1) is 5.10 Å². The van der Waals surface area contributed by atoms with Crippen LogP contribution in [0.25, 0.3) is 0 Å². The molecule has 0 unspecified atom stereocenters. The number of hydrogen-bond acceptors (Lipinski definition) is 5. The minimum atomic E-state index is -0.699. The number of halogens is 1. The maximum absolute atomic E-state index is 13.2. The molecular weight excluding hydrogens is 243 g/mol. The van der Waals surface area contributed by atoms with Crippen LogP contribution in [-0.4, -0.2) is 26.2 Å². The van der Waals surface area contributed by atoms with Crippen LogP contribution < -0.4 is 0 Å². The van der Waals surface area contributed by atoms with Gasteiger partial charge in [0.05, 0.1) is 23.7 Å². The highest BCUT2D eigenvalue weighted by Gasteiger charge is 2.10. The van der Waals surface area contributed by atoms with E-state index in [0.29, 0.717) is 11.8 Å². The van der Waals surface area contributed by atoms with Crippen LogP contribution in [0.15, 0.2) is 24.4 Å². The predicted octanol–water partition coefficient (Wildman–Crippen LogP) is 1.19. The van der Waals surface area contributed by atoms with Crippen LogP contribution in [0.4, 0.5) is 10.1 Å². The third-order valence-corrected chi connectivity index (χ3v) is 2.17. The van der Waals surface area contributed by atoms with Crippen molar-refractivity contribution in [1.82, 2.24) is 15.0 Å². The lowest BCUT2D eigenvalue weighted by Gasteiger charge is -2.01. The first-order valence-corrected chi connectivity index (χ1v) is 4.87. The first kappa shape index (κ1) is 11.8. The average molecular weight is 250 g/mol. The van der Waals surface area contributed by atoms with Crippen LogP contribution in [0, 0.1) is 15.9 Å². The standard InChI is InChI=1S/C10H7FN4O3/c11-8-1-7(2-10(3-8)15(17)18)4-14-5-9(6-16)12-13-14/h1-3,5-6H,4H2. The summed E-state index contributed by atoms with van der Waals surface area (Å²) in [7, 11) is 0. The number of aromatic nitrogens is 3. The van der Waals surface area contributed by atoms with Crippen LogP contribution >= 0.6 is 0 Å². The highest BCUT2D eigenvalue weighted by molar-refractivity contribution is 5.70. The van der Waals surface area contributed by atoms with Gasteiger partial charge in [-0.3, -0.25) is 14.9 Å². The number of hydrogen-bond donors (Lipinski definition) is 0. The van der Waals surface area contributed by atoms with Gasteiger partial charge in [0.2, 0.25) is 0 Å². The Bertz CT molecular complexity index is 611. The van der Waals surface area contributed by atoms with E-state index in [1.165, 1.54) is 16.9 Å². The van der Waals surface area contributed by atoms with Crippen molar-refractivity contribution in [1.29, 1.82) is 0 Å². The van der Waals surface area contributed by atoms with Gasteiger partial charge in [-0.25, -0.2) is 9.07 Å². The van der Waals surface area contributed by atoms with E-state index in [2.05, 4.69) is 10.3 Å². The largest absolute Gasteiger partial charge is 0.296 e. The maximum Gasteiger partial charge on any atom is 0.272 e. The topological polar surface area (TPSA) is 90.9 Å². The molecule has 0 aliphatic heterocycles. The van der Waals surface area contributed by atoms with Crippen molar-refractivity contribution in [2.75, 3.05) is 0 Å². The summed E-state index contributed by atoms with van der Waals surface area (Å²) in [5, 5.41) is 17.7. The van der Waals surface area contributed by atoms with Crippen LogP contribution in [-0.2, 0) is 6.54 Å².